The van der Waals surface area contributed by atoms with Gasteiger partial charge in [0.2, 0.25) is 0 Å². The second-order valence-corrected chi connectivity index (χ2v) is 11.3. The van der Waals surface area contributed by atoms with E-state index in [0.29, 0.717) is 0 Å². The number of nitrogens with zero attached hydrogens (tertiary/aromatic N) is 4. The molecular formula is C17H29N5O15P2. The molecule has 1 saturated heterocycles. The minimum atomic E-state index is -5.60. The highest BCUT2D eigenvalue weighted by Crippen LogP contribution is 2.61. The van der Waals surface area contributed by atoms with Gasteiger partial charge in [-0.25, -0.2) is 24.1 Å². The molecule has 222 valence electrons. The number of imidazole rings is 1. The predicted octanol–water partition coefficient (Wildman–Crippen LogP) is -3.28. The largest absolute Gasteiger partial charge is 0.483 e. The van der Waals surface area contributed by atoms with Crippen molar-refractivity contribution in [1.82, 2.24) is 19.5 Å². The van der Waals surface area contributed by atoms with Crippen LogP contribution in [0.15, 0.2) is 12.7 Å². The van der Waals surface area contributed by atoms with Gasteiger partial charge in [-0.3, -0.25) is 13.6 Å². The summed E-state index contributed by atoms with van der Waals surface area (Å²) in [7, 11) is -11.1. The summed E-state index contributed by atoms with van der Waals surface area (Å²) in [4.78, 5) is 31.6. The lowest BCUT2D eigenvalue weighted by Crippen LogP contribution is -2.41. The third-order valence-electron chi connectivity index (χ3n) is 5.37. The van der Waals surface area contributed by atoms with E-state index in [9.17, 15) is 44.4 Å². The average molecular weight is 605 g/mol. The van der Waals surface area contributed by atoms with Crippen LogP contribution in [-0.4, -0.2) is 123 Å². The van der Waals surface area contributed by atoms with E-state index in [0.717, 1.165) is 6.33 Å². The molecule has 1 aliphatic heterocycles. The Labute approximate surface area is 219 Å². The summed E-state index contributed by atoms with van der Waals surface area (Å²) in [5.74, 6) is 0.0394. The Morgan fingerprint density at radius 2 is 1.79 bits per heavy atom. The quantitative estimate of drug-likeness (QED) is 0.0752. The smallest absolute Gasteiger partial charge is 0.394 e. The monoisotopic (exact) mass is 605 g/mol. The van der Waals surface area contributed by atoms with Crippen LogP contribution in [0.25, 0.3) is 11.2 Å². The van der Waals surface area contributed by atoms with Crippen LogP contribution in [0.5, 0.6) is 0 Å². The molecule has 0 spiro atoms. The number of ether oxygens (including phenoxy) is 2. The van der Waals surface area contributed by atoms with Crippen LogP contribution in [0.1, 0.15) is 13.2 Å². The molecule has 0 aliphatic carbocycles. The number of hydrogen-bond donors (Lipinski definition) is 9. The van der Waals surface area contributed by atoms with Gasteiger partial charge >= 0.3 is 15.6 Å². The number of phosphoric acid groups is 2. The predicted molar refractivity (Wildman–Crippen MR) is 124 cm³/mol. The molecule has 0 amide bonds. The van der Waals surface area contributed by atoms with Gasteiger partial charge < -0.3 is 55.6 Å². The van der Waals surface area contributed by atoms with Gasteiger partial charge in [-0.1, -0.05) is 0 Å². The van der Waals surface area contributed by atoms with Gasteiger partial charge in [0.25, 0.3) is 0 Å². The first-order chi connectivity index (χ1) is 18.2. The first-order valence-corrected chi connectivity index (χ1v) is 14.1. The van der Waals surface area contributed by atoms with Gasteiger partial charge in [0.15, 0.2) is 24.0 Å². The Morgan fingerprint density at radius 1 is 1.10 bits per heavy atom. The molecule has 10 N–H and O–H groups in total. The molecule has 22 heteroatoms. The Balaban J connectivity index is 1.64. The van der Waals surface area contributed by atoms with Crippen molar-refractivity contribution in [2.75, 3.05) is 25.6 Å². The normalized spacial score (nSPS) is 28.0. The van der Waals surface area contributed by atoms with E-state index < -0.39 is 84.6 Å². The Bertz CT molecular complexity index is 1200. The Kier molecular flexibility index (Phi) is 10.5. The molecule has 3 rings (SSSR count). The van der Waals surface area contributed by atoms with Crippen molar-refractivity contribution in [2.24, 2.45) is 0 Å². The highest BCUT2D eigenvalue weighted by atomic mass is 31.3. The van der Waals surface area contributed by atoms with Gasteiger partial charge in [-0.2, -0.15) is 4.31 Å². The maximum Gasteiger partial charge on any atom is 0.483 e. The summed E-state index contributed by atoms with van der Waals surface area (Å²) in [6, 6.07) is 0. The van der Waals surface area contributed by atoms with Crippen molar-refractivity contribution in [2.45, 2.75) is 56.1 Å². The standard InChI is InChI=1S/C17H29N5O15P2/c1-7(25)9(3-24)35-17(8(26)2-23)36-39(31,32)37-38(29,30)33-4-10-12(27)13(28)16(34-10)22-6-21-11-14(18)19-5-20-15(11)22/h5-10,12-13,16-17,23-28H,2-4H2,1H3,(H,29,30)(H,31,32)(H2,18,19,20)/t7-,8+,9?,10?,12?,13?,16?,17?/m0/s1. The van der Waals surface area contributed by atoms with Crippen molar-refractivity contribution in [3.63, 3.8) is 0 Å². The fraction of sp³-hybridized carbons (Fsp3) is 0.706. The number of fused-ring (bicyclic) bond motifs is 1. The van der Waals surface area contributed by atoms with Crippen molar-refractivity contribution in [3.8, 4) is 0 Å². The highest BCUT2D eigenvalue weighted by Gasteiger charge is 2.47. The van der Waals surface area contributed by atoms with Crippen molar-refractivity contribution >= 4 is 32.6 Å². The molecule has 0 saturated carbocycles. The van der Waals surface area contributed by atoms with Gasteiger partial charge in [0.1, 0.15) is 42.4 Å². The summed E-state index contributed by atoms with van der Waals surface area (Å²) in [5.41, 5.74) is 6.05. The zero-order chi connectivity index (χ0) is 29.1. The third-order valence-corrected chi connectivity index (χ3v) is 7.97. The first kappa shape index (κ1) is 31.8. The fourth-order valence-electron chi connectivity index (χ4n) is 3.38. The van der Waals surface area contributed by atoms with E-state index in [-0.39, 0.29) is 17.0 Å². The maximum atomic E-state index is 12.3. The van der Waals surface area contributed by atoms with Gasteiger partial charge in [0.05, 0.1) is 32.3 Å². The molecule has 2 aromatic rings. The number of nitrogen functional groups attached to an aromatic ring is 1. The van der Waals surface area contributed by atoms with E-state index in [1.807, 2.05) is 0 Å². The topological polar surface area (TPSA) is 312 Å². The molecular weight excluding hydrogens is 576 g/mol. The third kappa shape index (κ3) is 7.73. The molecule has 1 fully saturated rings. The lowest BCUT2D eigenvalue weighted by Gasteiger charge is -2.29. The molecule has 1 aliphatic rings. The number of nitrogens with two attached hydrogens (primary N) is 1. The van der Waals surface area contributed by atoms with Gasteiger partial charge in [-0.05, 0) is 6.92 Å². The van der Waals surface area contributed by atoms with Crippen LogP contribution >= 0.6 is 15.6 Å². The molecule has 0 bridgehead atoms. The second-order valence-electron chi connectivity index (χ2n) is 8.27. The van der Waals surface area contributed by atoms with E-state index in [1.54, 1.807) is 0 Å². The Hall–Kier alpha value is -1.71. The van der Waals surface area contributed by atoms with Crippen LogP contribution in [0.3, 0.4) is 0 Å². The van der Waals surface area contributed by atoms with Crippen LogP contribution < -0.4 is 5.73 Å². The van der Waals surface area contributed by atoms with E-state index in [4.69, 9.17) is 20.3 Å². The van der Waals surface area contributed by atoms with E-state index in [1.165, 1.54) is 17.8 Å². The Morgan fingerprint density at radius 3 is 2.41 bits per heavy atom. The fourth-order valence-corrected chi connectivity index (χ4v) is 5.55. The lowest BCUT2D eigenvalue weighted by molar-refractivity contribution is -0.210. The number of aliphatic hydroxyl groups is 6. The van der Waals surface area contributed by atoms with Crippen molar-refractivity contribution in [1.29, 1.82) is 0 Å². The summed E-state index contributed by atoms with van der Waals surface area (Å²) in [5, 5.41) is 58.5. The van der Waals surface area contributed by atoms with Gasteiger partial charge in [0, 0.05) is 0 Å². The number of hydrogen-bond acceptors (Lipinski definition) is 17. The van der Waals surface area contributed by atoms with Gasteiger partial charge in [-0.15, -0.1) is 0 Å². The minimum absolute atomic E-state index is 0.0394. The number of rotatable bonds is 14. The zero-order valence-corrected chi connectivity index (χ0v) is 21.9. The van der Waals surface area contributed by atoms with Crippen molar-refractivity contribution < 1.29 is 72.4 Å². The number of anilines is 1. The summed E-state index contributed by atoms with van der Waals surface area (Å²) < 4.78 is 49.6. The molecule has 3 heterocycles. The molecule has 39 heavy (non-hydrogen) atoms. The van der Waals surface area contributed by atoms with Crippen molar-refractivity contribution in [3.05, 3.63) is 12.7 Å². The molecule has 20 nitrogen and oxygen atoms in total. The molecule has 10 atom stereocenters. The van der Waals surface area contributed by atoms with Crippen LogP contribution in [-0.2, 0) is 32.0 Å². The molecule has 8 unspecified atom stereocenters. The summed E-state index contributed by atoms with van der Waals surface area (Å²) >= 11 is 0. The number of phosphoric ester groups is 2. The van der Waals surface area contributed by atoms with Crippen LogP contribution in [0, 0.1) is 0 Å². The summed E-state index contributed by atoms with van der Waals surface area (Å²) in [6.45, 7) is -1.69. The minimum Gasteiger partial charge on any atom is -0.394 e. The maximum absolute atomic E-state index is 12.3. The first-order valence-electron chi connectivity index (χ1n) is 11.1. The lowest BCUT2D eigenvalue weighted by atomic mass is 10.1. The SMILES string of the molecule is C[C@H](O)C(CO)OC(OP(=O)(O)OP(=O)(O)OCC1OC(n2cnc3c(N)ncnc32)C(O)C1O)[C@H](O)CO. The number of aliphatic hydroxyl groups excluding tert-OH is 6. The van der Waals surface area contributed by atoms with Crippen LogP contribution in [0.2, 0.25) is 0 Å². The highest BCUT2D eigenvalue weighted by molar-refractivity contribution is 7.61. The molecule has 0 aromatic carbocycles. The summed E-state index contributed by atoms with van der Waals surface area (Å²) in [6.07, 6.45) is -10.8. The van der Waals surface area contributed by atoms with Crippen LogP contribution in [0.4, 0.5) is 5.82 Å². The zero-order valence-electron chi connectivity index (χ0n) is 20.1. The van der Waals surface area contributed by atoms with E-state index in [2.05, 4.69) is 28.3 Å². The molecule has 2 aromatic heterocycles. The molecule has 0 radical (unpaired) electrons. The van der Waals surface area contributed by atoms with E-state index >= 15 is 0 Å². The number of aromatic nitrogens is 4. The second kappa shape index (κ2) is 12.9. The average Bonchev–Trinajstić information content (AvgIpc) is 3.40.